The Morgan fingerprint density at radius 2 is 1.91 bits per heavy atom. The molecule has 0 spiro atoms. The van der Waals surface area contributed by atoms with Crippen LogP contribution in [-0.4, -0.2) is 24.3 Å². The molecule has 0 aromatic heterocycles. The van der Waals surface area contributed by atoms with E-state index in [-0.39, 0.29) is 19.2 Å². The quantitative estimate of drug-likeness (QED) is 0.768. The van der Waals surface area contributed by atoms with Crippen molar-refractivity contribution in [1.82, 2.24) is 5.32 Å². The molecular weight excluding hydrogens is 280 g/mol. The summed E-state index contributed by atoms with van der Waals surface area (Å²) in [6.07, 6.45) is 0. The molecule has 2 rings (SSSR count). The second-order valence-electron chi connectivity index (χ2n) is 4.80. The molecule has 0 aliphatic rings. The second-order valence-corrected chi connectivity index (χ2v) is 4.80. The largest absolute Gasteiger partial charge is 0.489 e. The van der Waals surface area contributed by atoms with Gasteiger partial charge in [0.25, 0.3) is 0 Å². The molecule has 0 heterocycles. The van der Waals surface area contributed by atoms with Gasteiger partial charge in [-0.25, -0.2) is 4.79 Å². The van der Waals surface area contributed by atoms with Gasteiger partial charge in [-0.1, -0.05) is 30.3 Å². The monoisotopic (exact) mass is 300 g/mol. The van der Waals surface area contributed by atoms with E-state index in [1.54, 1.807) is 0 Å². The molecule has 0 saturated carbocycles. The molecule has 0 fully saturated rings. The molecular formula is C17H20N2O3. The van der Waals surface area contributed by atoms with Gasteiger partial charge in [-0.05, 0) is 36.2 Å². The van der Waals surface area contributed by atoms with E-state index < -0.39 is 0 Å². The number of hydrogen-bond donors (Lipinski definition) is 3. The van der Waals surface area contributed by atoms with Crippen molar-refractivity contribution < 1.29 is 14.6 Å². The number of nitrogens with one attached hydrogen (secondary N) is 2. The maximum atomic E-state index is 11.6. The molecule has 2 aromatic rings. The van der Waals surface area contributed by atoms with Crippen molar-refractivity contribution in [2.75, 3.05) is 18.5 Å². The molecule has 0 bridgehead atoms. The Balaban J connectivity index is 2.01. The van der Waals surface area contributed by atoms with E-state index in [0.29, 0.717) is 6.61 Å². The topological polar surface area (TPSA) is 70.6 Å². The number of anilines is 1. The van der Waals surface area contributed by atoms with Crippen LogP contribution in [0.15, 0.2) is 48.5 Å². The lowest BCUT2D eigenvalue weighted by Crippen LogP contribution is -2.31. The lowest BCUT2D eigenvalue weighted by molar-refractivity contribution is 0.244. The molecule has 3 N–H and O–H groups in total. The maximum absolute atomic E-state index is 11.6. The van der Waals surface area contributed by atoms with Crippen LogP contribution in [0.5, 0.6) is 5.75 Å². The summed E-state index contributed by atoms with van der Waals surface area (Å²) in [5.41, 5.74) is 2.69. The van der Waals surface area contributed by atoms with Crippen molar-refractivity contribution in [3.8, 4) is 5.75 Å². The van der Waals surface area contributed by atoms with E-state index in [9.17, 15) is 4.79 Å². The van der Waals surface area contributed by atoms with Crippen LogP contribution in [0.2, 0.25) is 0 Å². The number of amides is 2. The Morgan fingerprint density at radius 3 is 2.64 bits per heavy atom. The van der Waals surface area contributed by atoms with Gasteiger partial charge in [0.15, 0.2) is 0 Å². The third-order valence-electron chi connectivity index (χ3n) is 3.23. The summed E-state index contributed by atoms with van der Waals surface area (Å²) in [5.74, 6) is 0.806. The van der Waals surface area contributed by atoms with Crippen molar-refractivity contribution in [3.05, 3.63) is 59.7 Å². The fourth-order valence-electron chi connectivity index (χ4n) is 1.99. The molecule has 5 nitrogen and oxygen atoms in total. The smallest absolute Gasteiger partial charge is 0.319 e. The van der Waals surface area contributed by atoms with Gasteiger partial charge in [-0.3, -0.25) is 0 Å². The SMILES string of the molecule is Cc1c(COc2ccccc2)cccc1NC(=O)NCCO. The van der Waals surface area contributed by atoms with Gasteiger partial charge in [-0.15, -0.1) is 0 Å². The zero-order valence-corrected chi connectivity index (χ0v) is 12.5. The summed E-state index contributed by atoms with van der Waals surface area (Å²) in [6, 6.07) is 14.9. The van der Waals surface area contributed by atoms with Crippen LogP contribution in [0, 0.1) is 6.92 Å². The number of urea groups is 1. The number of benzene rings is 2. The number of para-hydroxylation sites is 1. The Bertz CT molecular complexity index is 615. The fourth-order valence-corrected chi connectivity index (χ4v) is 1.99. The average molecular weight is 300 g/mol. The summed E-state index contributed by atoms with van der Waals surface area (Å²) in [5, 5.41) is 14.0. The lowest BCUT2D eigenvalue weighted by atomic mass is 10.1. The summed E-state index contributed by atoms with van der Waals surface area (Å²) >= 11 is 0. The van der Waals surface area contributed by atoms with Gasteiger partial charge in [0, 0.05) is 12.2 Å². The van der Waals surface area contributed by atoms with Crippen molar-refractivity contribution in [2.45, 2.75) is 13.5 Å². The van der Waals surface area contributed by atoms with E-state index >= 15 is 0 Å². The predicted molar refractivity (Wildman–Crippen MR) is 86.1 cm³/mol. The number of aliphatic hydroxyl groups excluding tert-OH is 1. The van der Waals surface area contributed by atoms with Crippen LogP contribution in [0.4, 0.5) is 10.5 Å². The molecule has 5 heteroatoms. The number of rotatable bonds is 6. The third kappa shape index (κ3) is 4.49. The normalized spacial score (nSPS) is 10.1. The maximum Gasteiger partial charge on any atom is 0.319 e. The van der Waals surface area contributed by atoms with E-state index in [1.165, 1.54) is 0 Å². The number of carbonyl (C=O) groups is 1. The van der Waals surface area contributed by atoms with Gasteiger partial charge in [-0.2, -0.15) is 0 Å². The van der Waals surface area contributed by atoms with Crippen LogP contribution in [0.25, 0.3) is 0 Å². The van der Waals surface area contributed by atoms with E-state index in [0.717, 1.165) is 22.6 Å². The van der Waals surface area contributed by atoms with Crippen molar-refractivity contribution >= 4 is 11.7 Å². The minimum absolute atomic E-state index is 0.0860. The number of aliphatic hydroxyl groups is 1. The third-order valence-corrected chi connectivity index (χ3v) is 3.23. The highest BCUT2D eigenvalue weighted by molar-refractivity contribution is 5.90. The van der Waals surface area contributed by atoms with Crippen LogP contribution in [0.1, 0.15) is 11.1 Å². The molecule has 0 radical (unpaired) electrons. The van der Waals surface area contributed by atoms with Gasteiger partial charge in [0.05, 0.1) is 6.61 Å². The van der Waals surface area contributed by atoms with E-state index in [1.807, 2.05) is 55.5 Å². The first kappa shape index (κ1) is 15.9. The van der Waals surface area contributed by atoms with Crippen molar-refractivity contribution in [2.24, 2.45) is 0 Å². The van der Waals surface area contributed by atoms with Gasteiger partial charge >= 0.3 is 6.03 Å². The zero-order chi connectivity index (χ0) is 15.8. The molecule has 0 aliphatic carbocycles. The van der Waals surface area contributed by atoms with Crippen LogP contribution in [-0.2, 0) is 6.61 Å². The van der Waals surface area contributed by atoms with Crippen molar-refractivity contribution in [3.63, 3.8) is 0 Å². The first-order valence-electron chi connectivity index (χ1n) is 7.12. The second kappa shape index (κ2) is 8.05. The highest BCUT2D eigenvalue weighted by Crippen LogP contribution is 2.20. The molecule has 0 aliphatic heterocycles. The number of hydrogen-bond acceptors (Lipinski definition) is 3. The predicted octanol–water partition coefficient (Wildman–Crippen LogP) is 2.69. The van der Waals surface area contributed by atoms with E-state index in [4.69, 9.17) is 9.84 Å². The first-order chi connectivity index (χ1) is 10.7. The fraction of sp³-hybridized carbons (Fsp3) is 0.235. The molecule has 0 saturated heterocycles. The summed E-state index contributed by atoms with van der Waals surface area (Å²) in [7, 11) is 0. The Labute approximate surface area is 129 Å². The van der Waals surface area contributed by atoms with Gasteiger partial charge in [0.2, 0.25) is 0 Å². The summed E-state index contributed by atoms with van der Waals surface area (Å²) in [6.45, 7) is 2.51. The van der Waals surface area contributed by atoms with Crippen molar-refractivity contribution in [1.29, 1.82) is 0 Å². The van der Waals surface area contributed by atoms with Crippen LogP contribution in [0.3, 0.4) is 0 Å². The average Bonchev–Trinajstić information content (AvgIpc) is 2.55. The van der Waals surface area contributed by atoms with Crippen LogP contribution >= 0.6 is 0 Å². The molecule has 116 valence electrons. The standard InChI is InChI=1S/C17H20N2O3/c1-13-14(12-22-15-7-3-2-4-8-15)6-5-9-16(13)19-17(21)18-10-11-20/h2-9,20H,10-12H2,1H3,(H2,18,19,21). The highest BCUT2D eigenvalue weighted by atomic mass is 16.5. The molecule has 0 atom stereocenters. The van der Waals surface area contributed by atoms with Gasteiger partial charge in [0.1, 0.15) is 12.4 Å². The molecule has 2 amide bonds. The highest BCUT2D eigenvalue weighted by Gasteiger charge is 2.07. The van der Waals surface area contributed by atoms with Gasteiger partial charge < -0.3 is 20.5 Å². The molecule has 0 unspecified atom stereocenters. The lowest BCUT2D eigenvalue weighted by Gasteiger charge is -2.13. The Kier molecular flexibility index (Phi) is 5.80. The van der Waals surface area contributed by atoms with E-state index in [2.05, 4.69) is 10.6 Å². The number of ether oxygens (including phenoxy) is 1. The number of carbonyl (C=O) groups excluding carboxylic acids is 1. The minimum atomic E-state index is -0.335. The Hall–Kier alpha value is -2.53. The zero-order valence-electron chi connectivity index (χ0n) is 12.5. The summed E-state index contributed by atoms with van der Waals surface area (Å²) in [4.78, 5) is 11.6. The summed E-state index contributed by atoms with van der Waals surface area (Å²) < 4.78 is 5.74. The molecule has 2 aromatic carbocycles. The minimum Gasteiger partial charge on any atom is -0.489 e. The first-order valence-corrected chi connectivity index (χ1v) is 7.12. The molecule has 22 heavy (non-hydrogen) atoms. The van der Waals surface area contributed by atoms with Crippen LogP contribution < -0.4 is 15.4 Å². The Morgan fingerprint density at radius 1 is 1.14 bits per heavy atom.